The first kappa shape index (κ1) is 31.9. The highest BCUT2D eigenvalue weighted by Gasteiger charge is 2.70. The van der Waals surface area contributed by atoms with Gasteiger partial charge in [-0.3, -0.25) is 4.79 Å². The summed E-state index contributed by atoms with van der Waals surface area (Å²) in [5.74, 6) is 0.904. The molecule has 0 spiro atoms. The van der Waals surface area contributed by atoms with Crippen molar-refractivity contribution in [2.24, 2.45) is 56.7 Å². The molecular weight excluding hydrogens is 548 g/mol. The Labute approximate surface area is 257 Å². The number of aliphatic carboxylic acids is 1. The monoisotopic (exact) mass is 604 g/mol. The van der Waals surface area contributed by atoms with E-state index in [0.717, 1.165) is 51.4 Å². The molecule has 8 nitrogen and oxygen atoms in total. The van der Waals surface area contributed by atoms with Crippen molar-refractivity contribution in [2.45, 2.75) is 130 Å². The molecule has 6 rings (SSSR count). The predicted molar refractivity (Wildman–Crippen MR) is 161 cm³/mol. The summed E-state index contributed by atoms with van der Waals surface area (Å²) in [5.41, 5.74) is 0.0965. The molecule has 0 amide bonds. The van der Waals surface area contributed by atoms with E-state index in [2.05, 4.69) is 47.6 Å². The number of carbonyl (C=O) groups is 1. The number of aliphatic hydroxyl groups is 4. The minimum Gasteiger partial charge on any atom is -0.481 e. The van der Waals surface area contributed by atoms with Gasteiger partial charge in [0.2, 0.25) is 0 Å². The predicted octanol–water partition coefficient (Wildman–Crippen LogP) is 4.53. The molecule has 1 aliphatic heterocycles. The third-order valence-corrected chi connectivity index (χ3v) is 15.3. The third-order valence-electron chi connectivity index (χ3n) is 15.3. The number of carboxylic acid groups (broad SMARTS) is 1. The zero-order chi connectivity index (χ0) is 31.3. The fraction of sp³-hybridized carbons (Fsp3) is 0.914. The van der Waals surface area contributed by atoms with Crippen molar-refractivity contribution in [3.05, 3.63) is 11.6 Å². The number of fused-ring (bicyclic) bond motifs is 7. The van der Waals surface area contributed by atoms with Crippen LogP contribution in [-0.4, -0.2) is 75.4 Å². The van der Waals surface area contributed by atoms with Crippen LogP contribution in [0.15, 0.2) is 11.6 Å². The smallest absolute Gasteiger partial charge is 0.310 e. The van der Waals surface area contributed by atoms with Crippen molar-refractivity contribution < 1.29 is 39.8 Å². The average Bonchev–Trinajstić information content (AvgIpc) is 2.96. The summed E-state index contributed by atoms with van der Waals surface area (Å²) in [5, 5.41) is 52.4. The van der Waals surface area contributed by atoms with Crippen molar-refractivity contribution in [3.8, 4) is 0 Å². The van der Waals surface area contributed by atoms with Crippen LogP contribution in [0.3, 0.4) is 0 Å². The number of rotatable bonds is 4. The van der Waals surface area contributed by atoms with Crippen LogP contribution in [0, 0.1) is 56.7 Å². The Morgan fingerprint density at radius 3 is 2.35 bits per heavy atom. The second kappa shape index (κ2) is 10.5. The maximum atomic E-state index is 13.0. The van der Waals surface area contributed by atoms with E-state index in [9.17, 15) is 30.3 Å². The number of aliphatic hydroxyl groups excluding tert-OH is 4. The lowest BCUT2D eigenvalue weighted by Crippen LogP contribution is -2.67. The van der Waals surface area contributed by atoms with E-state index in [1.807, 2.05) is 0 Å². The molecule has 0 radical (unpaired) electrons. The molecule has 0 aromatic carbocycles. The quantitative estimate of drug-likeness (QED) is 0.233. The van der Waals surface area contributed by atoms with Crippen molar-refractivity contribution >= 4 is 5.97 Å². The van der Waals surface area contributed by atoms with Gasteiger partial charge in [-0.2, -0.15) is 0 Å². The maximum absolute atomic E-state index is 13.0. The highest BCUT2D eigenvalue weighted by molar-refractivity contribution is 5.76. The molecular formula is C35H56O8. The van der Waals surface area contributed by atoms with Crippen molar-refractivity contribution in [1.29, 1.82) is 0 Å². The van der Waals surface area contributed by atoms with Gasteiger partial charge in [-0.15, -0.1) is 0 Å². The Bertz CT molecular complexity index is 1140. The molecule has 244 valence electrons. The van der Waals surface area contributed by atoms with Crippen LogP contribution in [0.5, 0.6) is 0 Å². The molecule has 1 heterocycles. The summed E-state index contributed by atoms with van der Waals surface area (Å²) in [6, 6.07) is 0. The number of hydrogen-bond acceptors (Lipinski definition) is 7. The summed E-state index contributed by atoms with van der Waals surface area (Å²) in [4.78, 5) is 13.0. The Morgan fingerprint density at radius 2 is 1.67 bits per heavy atom. The molecule has 4 saturated carbocycles. The van der Waals surface area contributed by atoms with Gasteiger partial charge in [0.15, 0.2) is 6.29 Å². The van der Waals surface area contributed by atoms with Crippen LogP contribution in [-0.2, 0) is 14.3 Å². The van der Waals surface area contributed by atoms with Crippen molar-refractivity contribution in [1.82, 2.24) is 0 Å². The highest BCUT2D eigenvalue weighted by atomic mass is 16.7. The second-order valence-electron chi connectivity index (χ2n) is 16.7. The number of hydrogen-bond donors (Lipinski definition) is 5. The second-order valence-corrected chi connectivity index (χ2v) is 16.7. The fourth-order valence-electron chi connectivity index (χ4n) is 12.1. The lowest BCUT2D eigenvalue weighted by molar-refractivity contribution is -0.312. The Morgan fingerprint density at radius 1 is 0.953 bits per heavy atom. The highest BCUT2D eigenvalue weighted by Crippen LogP contribution is 2.76. The van der Waals surface area contributed by atoms with E-state index >= 15 is 0 Å². The summed E-state index contributed by atoms with van der Waals surface area (Å²) in [6.07, 6.45) is 5.14. The van der Waals surface area contributed by atoms with Gasteiger partial charge >= 0.3 is 5.97 Å². The molecule has 0 aromatic heterocycles. The van der Waals surface area contributed by atoms with Crippen LogP contribution < -0.4 is 0 Å². The van der Waals surface area contributed by atoms with Crippen molar-refractivity contribution in [3.63, 3.8) is 0 Å². The first-order valence-electron chi connectivity index (χ1n) is 17.0. The SMILES string of the molecule is C[C@H]1[C@H](C)CC[C@]2(C(=O)O)CC[C@]3(C)C(=CCC4[C@@]5(C)CC[C@H](O[C@@H]6OC[C@H](O)[C@H](O)[C@H]6O)[C@@](C)(CO)C5CC[C@]43C)[C@H]12. The normalized spacial score (nSPS) is 56.6. The average molecular weight is 605 g/mol. The van der Waals surface area contributed by atoms with E-state index < -0.39 is 41.4 Å². The molecule has 43 heavy (non-hydrogen) atoms. The van der Waals surface area contributed by atoms with Crippen LogP contribution in [0.1, 0.15) is 99.3 Å². The Kier molecular flexibility index (Phi) is 7.79. The van der Waals surface area contributed by atoms with Gasteiger partial charge in [0.1, 0.15) is 18.3 Å². The summed E-state index contributed by atoms with van der Waals surface area (Å²) >= 11 is 0. The molecule has 15 atom stereocenters. The maximum Gasteiger partial charge on any atom is 0.310 e. The van der Waals surface area contributed by atoms with Crippen LogP contribution in [0.4, 0.5) is 0 Å². The fourth-order valence-corrected chi connectivity index (χ4v) is 12.1. The zero-order valence-corrected chi connectivity index (χ0v) is 27.1. The molecule has 5 N–H and O–H groups in total. The Balaban J connectivity index is 1.33. The van der Waals surface area contributed by atoms with Crippen LogP contribution in [0.25, 0.3) is 0 Å². The van der Waals surface area contributed by atoms with Gasteiger partial charge in [-0.25, -0.2) is 0 Å². The van der Waals surface area contributed by atoms with E-state index in [1.54, 1.807) is 0 Å². The molecule has 2 unspecified atom stereocenters. The molecule has 1 saturated heterocycles. The minimum absolute atomic E-state index is 0.0143. The summed E-state index contributed by atoms with van der Waals surface area (Å²) < 4.78 is 12.0. The van der Waals surface area contributed by atoms with E-state index in [0.29, 0.717) is 24.2 Å². The third kappa shape index (κ3) is 4.18. The van der Waals surface area contributed by atoms with Crippen LogP contribution in [0.2, 0.25) is 0 Å². The molecule has 6 aliphatic rings. The largest absolute Gasteiger partial charge is 0.481 e. The Hall–Kier alpha value is -1.03. The molecule has 5 aliphatic carbocycles. The minimum atomic E-state index is -1.36. The van der Waals surface area contributed by atoms with Crippen molar-refractivity contribution in [2.75, 3.05) is 13.2 Å². The summed E-state index contributed by atoms with van der Waals surface area (Å²) in [6.45, 7) is 13.9. The molecule has 5 fully saturated rings. The van der Waals surface area contributed by atoms with Gasteiger partial charge in [-0.1, -0.05) is 53.2 Å². The van der Waals surface area contributed by atoms with E-state index in [-0.39, 0.29) is 47.4 Å². The van der Waals surface area contributed by atoms with Gasteiger partial charge in [0.05, 0.1) is 24.7 Å². The number of carboxylic acids is 1. The standard InChI is InChI=1S/C35H56O8/c1-19-9-14-35(30(40)41)16-15-33(5)21(26(35)20(19)2)7-8-24-31(3)12-11-25(43-29-28(39)27(38)22(37)17-42-29)32(4,18-36)23(31)10-13-34(24,33)6/h7,19-20,22-29,36-39H,8-18H2,1-6H3,(H,40,41)/t19-,20+,22+,23?,24?,25+,26+,27+,28-,29+,31+,32+,33-,34-,35+/m1/s1. The first-order valence-corrected chi connectivity index (χ1v) is 17.0. The zero-order valence-electron chi connectivity index (χ0n) is 27.1. The van der Waals surface area contributed by atoms with Gasteiger partial charge < -0.3 is 35.0 Å². The van der Waals surface area contributed by atoms with Gasteiger partial charge in [0, 0.05) is 5.41 Å². The lowest BCUT2D eigenvalue weighted by atomic mass is 9.33. The molecule has 0 aromatic rings. The van der Waals surface area contributed by atoms with Gasteiger partial charge in [0.25, 0.3) is 0 Å². The molecule has 8 heteroatoms. The number of ether oxygens (including phenoxy) is 2. The molecule has 0 bridgehead atoms. The first-order chi connectivity index (χ1) is 20.1. The van der Waals surface area contributed by atoms with E-state index in [4.69, 9.17) is 9.47 Å². The lowest BCUT2D eigenvalue weighted by Gasteiger charge is -2.71. The topological polar surface area (TPSA) is 137 Å². The number of allylic oxidation sites excluding steroid dienone is 2. The summed E-state index contributed by atoms with van der Waals surface area (Å²) in [7, 11) is 0. The van der Waals surface area contributed by atoms with E-state index in [1.165, 1.54) is 5.57 Å². The van der Waals surface area contributed by atoms with Crippen LogP contribution >= 0.6 is 0 Å². The van der Waals surface area contributed by atoms with Gasteiger partial charge in [-0.05, 0) is 104 Å².